The molecule has 0 aliphatic carbocycles. The van der Waals surface area contributed by atoms with Gasteiger partial charge in [0, 0.05) is 6.54 Å². The number of aryl methyl sites for hydroxylation is 1. The summed E-state index contributed by atoms with van der Waals surface area (Å²) in [5.74, 6) is 0.0401. The number of hydrogen-bond donors (Lipinski definition) is 2. The Balaban J connectivity index is 2.22. The van der Waals surface area contributed by atoms with Crippen molar-refractivity contribution in [3.05, 3.63) is 23.8 Å². The summed E-state index contributed by atoms with van der Waals surface area (Å²) in [4.78, 5) is 4.25. The molecule has 0 bridgehead atoms. The average molecular weight is 285 g/mol. The van der Waals surface area contributed by atoms with Crippen LogP contribution in [0.25, 0.3) is 10.2 Å². The fraction of sp³-hybridized carbons (Fsp3) is 0.364. The number of benzene rings is 1. The second-order valence-corrected chi connectivity index (χ2v) is 6.89. The van der Waals surface area contributed by atoms with Crippen molar-refractivity contribution in [2.75, 3.05) is 24.1 Å². The Labute approximate surface area is 110 Å². The fourth-order valence-corrected chi connectivity index (χ4v) is 3.75. The van der Waals surface area contributed by atoms with Gasteiger partial charge in [-0.25, -0.2) is 13.4 Å². The van der Waals surface area contributed by atoms with E-state index in [9.17, 15) is 8.42 Å². The van der Waals surface area contributed by atoms with E-state index in [0.29, 0.717) is 11.7 Å². The van der Waals surface area contributed by atoms with Crippen molar-refractivity contribution in [3.63, 3.8) is 0 Å². The SMILES string of the molecule is CNCCS(=O)(=O)Nc1nc2ccc(C)cc2s1. The molecule has 1 heterocycles. The van der Waals surface area contributed by atoms with Gasteiger partial charge in [0.2, 0.25) is 10.0 Å². The Hall–Kier alpha value is -1.18. The highest BCUT2D eigenvalue weighted by Crippen LogP contribution is 2.27. The Morgan fingerprint density at radius 3 is 2.89 bits per heavy atom. The van der Waals surface area contributed by atoms with E-state index < -0.39 is 10.0 Å². The number of nitrogens with one attached hydrogen (secondary N) is 2. The van der Waals surface area contributed by atoms with Crippen LogP contribution in [0.3, 0.4) is 0 Å². The molecule has 0 aliphatic heterocycles. The predicted molar refractivity (Wildman–Crippen MR) is 75.7 cm³/mol. The van der Waals surface area contributed by atoms with E-state index in [2.05, 4.69) is 15.0 Å². The van der Waals surface area contributed by atoms with Gasteiger partial charge < -0.3 is 5.32 Å². The molecule has 0 unspecified atom stereocenters. The maximum absolute atomic E-state index is 11.7. The number of thiazole rings is 1. The molecular weight excluding hydrogens is 270 g/mol. The third kappa shape index (κ3) is 3.18. The summed E-state index contributed by atoms with van der Waals surface area (Å²) in [5, 5.41) is 3.23. The van der Waals surface area contributed by atoms with Gasteiger partial charge in [0.1, 0.15) is 0 Å². The highest BCUT2D eigenvalue weighted by atomic mass is 32.2. The van der Waals surface area contributed by atoms with E-state index in [-0.39, 0.29) is 5.75 Å². The van der Waals surface area contributed by atoms with Crippen molar-refractivity contribution >= 4 is 36.7 Å². The molecule has 0 radical (unpaired) electrons. The van der Waals surface area contributed by atoms with Crippen molar-refractivity contribution in [2.24, 2.45) is 0 Å². The molecule has 1 aromatic carbocycles. The number of sulfonamides is 1. The van der Waals surface area contributed by atoms with E-state index in [1.54, 1.807) is 7.05 Å². The minimum Gasteiger partial charge on any atom is -0.319 e. The molecular formula is C11H15N3O2S2. The van der Waals surface area contributed by atoms with Crippen LogP contribution in [0.4, 0.5) is 5.13 Å². The van der Waals surface area contributed by atoms with Gasteiger partial charge in [-0.05, 0) is 31.7 Å². The Bertz CT molecular complexity index is 649. The first kappa shape index (κ1) is 13.3. The van der Waals surface area contributed by atoms with Crippen molar-refractivity contribution in [1.29, 1.82) is 0 Å². The third-order valence-electron chi connectivity index (χ3n) is 2.41. The molecule has 18 heavy (non-hydrogen) atoms. The predicted octanol–water partition coefficient (Wildman–Crippen LogP) is 1.57. The first-order valence-electron chi connectivity index (χ1n) is 5.52. The number of hydrogen-bond acceptors (Lipinski definition) is 5. The third-order valence-corrected chi connectivity index (χ3v) is 4.72. The van der Waals surface area contributed by atoms with Crippen LogP contribution in [0, 0.1) is 6.92 Å². The second-order valence-electron chi connectivity index (χ2n) is 4.01. The highest BCUT2D eigenvalue weighted by molar-refractivity contribution is 7.92. The lowest BCUT2D eigenvalue weighted by Gasteiger charge is -2.03. The van der Waals surface area contributed by atoms with E-state index in [4.69, 9.17) is 0 Å². The second kappa shape index (κ2) is 5.21. The summed E-state index contributed by atoms with van der Waals surface area (Å²) in [6.45, 7) is 2.41. The first-order valence-corrected chi connectivity index (χ1v) is 7.99. The lowest BCUT2D eigenvalue weighted by molar-refractivity contribution is 0.598. The highest BCUT2D eigenvalue weighted by Gasteiger charge is 2.12. The van der Waals surface area contributed by atoms with Gasteiger partial charge in [-0.3, -0.25) is 4.72 Å². The number of rotatable bonds is 5. The quantitative estimate of drug-likeness (QED) is 0.874. The zero-order valence-corrected chi connectivity index (χ0v) is 11.9. The molecule has 0 fully saturated rings. The normalized spacial score (nSPS) is 11.9. The van der Waals surface area contributed by atoms with Crippen LogP contribution < -0.4 is 10.0 Å². The van der Waals surface area contributed by atoms with Gasteiger partial charge in [-0.1, -0.05) is 17.4 Å². The van der Waals surface area contributed by atoms with Gasteiger partial charge in [0.05, 0.1) is 16.0 Å². The van der Waals surface area contributed by atoms with Gasteiger partial charge in [0.25, 0.3) is 0 Å². The summed E-state index contributed by atoms with van der Waals surface area (Å²) in [5.41, 5.74) is 1.95. The minimum absolute atomic E-state index is 0.0401. The van der Waals surface area contributed by atoms with E-state index in [1.807, 2.05) is 25.1 Å². The molecule has 0 saturated heterocycles. The van der Waals surface area contributed by atoms with Crippen LogP contribution in [-0.4, -0.2) is 32.7 Å². The van der Waals surface area contributed by atoms with Crippen LogP contribution >= 0.6 is 11.3 Å². The maximum Gasteiger partial charge on any atom is 0.235 e. The van der Waals surface area contributed by atoms with E-state index in [1.165, 1.54) is 11.3 Å². The molecule has 5 nitrogen and oxygen atoms in total. The van der Waals surface area contributed by atoms with Gasteiger partial charge in [0.15, 0.2) is 5.13 Å². The molecule has 0 amide bonds. The topological polar surface area (TPSA) is 71.1 Å². The van der Waals surface area contributed by atoms with Gasteiger partial charge in [-0.2, -0.15) is 0 Å². The van der Waals surface area contributed by atoms with Crippen molar-refractivity contribution in [1.82, 2.24) is 10.3 Å². The average Bonchev–Trinajstić information content (AvgIpc) is 2.66. The molecule has 0 saturated carbocycles. The molecule has 1 aromatic heterocycles. The summed E-state index contributed by atoms with van der Waals surface area (Å²) < 4.78 is 26.9. The number of anilines is 1. The Morgan fingerprint density at radius 1 is 1.39 bits per heavy atom. The maximum atomic E-state index is 11.7. The smallest absolute Gasteiger partial charge is 0.235 e. The minimum atomic E-state index is -3.32. The van der Waals surface area contributed by atoms with E-state index >= 15 is 0 Å². The molecule has 0 spiro atoms. The number of fused-ring (bicyclic) bond motifs is 1. The van der Waals surface area contributed by atoms with Crippen LogP contribution in [0.5, 0.6) is 0 Å². The van der Waals surface area contributed by atoms with Gasteiger partial charge >= 0.3 is 0 Å². The number of nitrogens with zero attached hydrogens (tertiary/aromatic N) is 1. The summed E-state index contributed by atoms with van der Waals surface area (Å²) in [7, 11) is -1.60. The van der Waals surface area contributed by atoms with Crippen LogP contribution in [0.15, 0.2) is 18.2 Å². The summed E-state index contributed by atoms with van der Waals surface area (Å²) >= 11 is 1.35. The Kier molecular flexibility index (Phi) is 3.84. The van der Waals surface area contributed by atoms with Crippen LogP contribution in [0.1, 0.15) is 5.56 Å². The lowest BCUT2D eigenvalue weighted by Crippen LogP contribution is -2.24. The Morgan fingerprint density at radius 2 is 2.17 bits per heavy atom. The van der Waals surface area contributed by atoms with E-state index in [0.717, 1.165) is 15.8 Å². The molecule has 2 N–H and O–H groups in total. The monoisotopic (exact) mass is 285 g/mol. The molecule has 0 atom stereocenters. The van der Waals surface area contributed by atoms with Crippen LogP contribution in [-0.2, 0) is 10.0 Å². The van der Waals surface area contributed by atoms with Gasteiger partial charge in [-0.15, -0.1) is 0 Å². The molecule has 7 heteroatoms. The fourth-order valence-electron chi connectivity index (χ4n) is 1.50. The lowest BCUT2D eigenvalue weighted by atomic mass is 10.2. The van der Waals surface area contributed by atoms with Crippen molar-refractivity contribution < 1.29 is 8.42 Å². The standard InChI is InChI=1S/C11H15N3O2S2/c1-8-3-4-9-10(7-8)17-11(13-9)14-18(15,16)6-5-12-2/h3-4,7,12H,5-6H2,1-2H3,(H,13,14). The molecule has 2 rings (SSSR count). The summed E-state index contributed by atoms with van der Waals surface area (Å²) in [6.07, 6.45) is 0. The zero-order chi connectivity index (χ0) is 13.2. The van der Waals surface area contributed by atoms with Crippen molar-refractivity contribution in [3.8, 4) is 0 Å². The zero-order valence-electron chi connectivity index (χ0n) is 10.2. The molecule has 98 valence electrons. The summed E-state index contributed by atoms with van der Waals surface area (Å²) in [6, 6.07) is 5.85. The van der Waals surface area contributed by atoms with Crippen LogP contribution in [0.2, 0.25) is 0 Å². The first-order chi connectivity index (χ1) is 8.50. The van der Waals surface area contributed by atoms with Crippen molar-refractivity contribution in [2.45, 2.75) is 6.92 Å². The number of aromatic nitrogens is 1. The largest absolute Gasteiger partial charge is 0.319 e. The molecule has 2 aromatic rings. The molecule has 0 aliphatic rings.